The zero-order chi connectivity index (χ0) is 13.1. The summed E-state index contributed by atoms with van der Waals surface area (Å²) in [6.07, 6.45) is 0. The van der Waals surface area contributed by atoms with Gasteiger partial charge in [0.2, 0.25) is 5.95 Å². The molecule has 0 unspecified atom stereocenters. The smallest absolute Gasteiger partial charge is 0.223 e. The van der Waals surface area contributed by atoms with Gasteiger partial charge in [0.05, 0.1) is 6.54 Å². The number of anilines is 1. The Morgan fingerprint density at radius 2 is 2.00 bits per heavy atom. The molecule has 0 bridgehead atoms. The van der Waals surface area contributed by atoms with Gasteiger partial charge < -0.3 is 9.73 Å². The second kappa shape index (κ2) is 5.21. The molecule has 0 amide bonds. The third-order valence-electron chi connectivity index (χ3n) is 2.68. The van der Waals surface area contributed by atoms with Gasteiger partial charge in [-0.05, 0) is 38.0 Å². The summed E-state index contributed by atoms with van der Waals surface area (Å²) in [5.41, 5.74) is 2.03. The predicted octanol–water partition coefficient (Wildman–Crippen LogP) is 3.42. The Morgan fingerprint density at radius 1 is 1.22 bits per heavy atom. The van der Waals surface area contributed by atoms with Crippen LogP contribution in [0, 0.1) is 13.8 Å². The zero-order valence-corrected chi connectivity index (χ0v) is 11.3. The first-order valence-electron chi connectivity index (χ1n) is 6.19. The van der Waals surface area contributed by atoms with Crippen molar-refractivity contribution in [1.29, 1.82) is 0 Å². The van der Waals surface area contributed by atoms with Gasteiger partial charge in [-0.15, -0.1) is 0 Å². The topological polar surface area (TPSA) is 51.0 Å². The van der Waals surface area contributed by atoms with Crippen LogP contribution in [0.4, 0.5) is 5.95 Å². The second-order valence-corrected chi connectivity index (χ2v) is 4.78. The van der Waals surface area contributed by atoms with Crippen molar-refractivity contribution in [3.05, 3.63) is 41.1 Å². The Hall–Kier alpha value is -1.84. The number of furan rings is 1. The maximum absolute atomic E-state index is 5.50. The van der Waals surface area contributed by atoms with Crippen molar-refractivity contribution in [2.45, 2.75) is 40.2 Å². The van der Waals surface area contributed by atoms with Crippen molar-refractivity contribution in [3.8, 4) is 0 Å². The van der Waals surface area contributed by atoms with Gasteiger partial charge in [-0.3, -0.25) is 0 Å². The molecule has 0 aromatic carbocycles. The second-order valence-electron chi connectivity index (χ2n) is 4.78. The number of nitrogens with one attached hydrogen (secondary N) is 1. The normalized spacial score (nSPS) is 10.9. The number of hydrogen-bond acceptors (Lipinski definition) is 4. The Labute approximate surface area is 107 Å². The summed E-state index contributed by atoms with van der Waals surface area (Å²) in [4.78, 5) is 8.87. The van der Waals surface area contributed by atoms with Crippen LogP contribution < -0.4 is 5.32 Å². The molecule has 0 saturated heterocycles. The van der Waals surface area contributed by atoms with Crippen LogP contribution in [0.1, 0.15) is 42.7 Å². The molecule has 0 aliphatic carbocycles. The lowest BCUT2D eigenvalue weighted by Crippen LogP contribution is -2.06. The molecule has 0 radical (unpaired) electrons. The van der Waals surface area contributed by atoms with Crippen LogP contribution in [-0.4, -0.2) is 9.97 Å². The van der Waals surface area contributed by atoms with Crippen molar-refractivity contribution < 1.29 is 4.42 Å². The molecule has 0 atom stereocenters. The molecule has 0 fully saturated rings. The standard InChI is InChI=1S/C14H19N3O/c1-9(2)13-7-10(3)16-14(17-13)15-8-12-6-5-11(4)18-12/h5-7,9H,8H2,1-4H3,(H,15,16,17). The minimum absolute atomic E-state index is 0.401. The minimum atomic E-state index is 0.401. The fourth-order valence-corrected chi connectivity index (χ4v) is 1.71. The number of aryl methyl sites for hydroxylation is 2. The molecule has 0 saturated carbocycles. The monoisotopic (exact) mass is 245 g/mol. The van der Waals surface area contributed by atoms with E-state index in [4.69, 9.17) is 4.42 Å². The molecule has 2 aromatic rings. The van der Waals surface area contributed by atoms with E-state index in [1.165, 1.54) is 0 Å². The maximum Gasteiger partial charge on any atom is 0.223 e. The number of hydrogen-bond donors (Lipinski definition) is 1. The van der Waals surface area contributed by atoms with Gasteiger partial charge in [0.15, 0.2) is 0 Å². The van der Waals surface area contributed by atoms with Gasteiger partial charge in [-0.2, -0.15) is 0 Å². The molecule has 2 aromatic heterocycles. The van der Waals surface area contributed by atoms with E-state index in [2.05, 4.69) is 29.1 Å². The van der Waals surface area contributed by atoms with E-state index in [1.54, 1.807) is 0 Å². The Balaban J connectivity index is 2.09. The minimum Gasteiger partial charge on any atom is -0.465 e. The third-order valence-corrected chi connectivity index (χ3v) is 2.68. The summed E-state index contributed by atoms with van der Waals surface area (Å²) in [7, 11) is 0. The number of rotatable bonds is 4. The van der Waals surface area contributed by atoms with Crippen LogP contribution >= 0.6 is 0 Å². The lowest BCUT2D eigenvalue weighted by Gasteiger charge is -2.09. The van der Waals surface area contributed by atoms with E-state index in [1.807, 2.05) is 32.0 Å². The summed E-state index contributed by atoms with van der Waals surface area (Å²) < 4.78 is 5.50. The van der Waals surface area contributed by atoms with Crippen LogP contribution in [0.3, 0.4) is 0 Å². The zero-order valence-electron chi connectivity index (χ0n) is 11.3. The molecular weight excluding hydrogens is 226 g/mol. The summed E-state index contributed by atoms with van der Waals surface area (Å²) in [6, 6.07) is 5.93. The Morgan fingerprint density at radius 3 is 2.61 bits per heavy atom. The molecule has 1 N–H and O–H groups in total. The molecule has 2 rings (SSSR count). The highest BCUT2D eigenvalue weighted by molar-refractivity contribution is 5.29. The number of aromatic nitrogens is 2. The van der Waals surface area contributed by atoms with E-state index < -0.39 is 0 Å². The highest BCUT2D eigenvalue weighted by atomic mass is 16.3. The molecule has 96 valence electrons. The van der Waals surface area contributed by atoms with E-state index in [0.29, 0.717) is 18.4 Å². The van der Waals surface area contributed by atoms with Gasteiger partial charge in [-0.25, -0.2) is 9.97 Å². The molecule has 0 spiro atoms. The molecule has 2 heterocycles. The highest BCUT2D eigenvalue weighted by Gasteiger charge is 2.06. The fraction of sp³-hybridized carbons (Fsp3) is 0.429. The van der Waals surface area contributed by atoms with Gasteiger partial charge in [0.25, 0.3) is 0 Å². The molecule has 4 nitrogen and oxygen atoms in total. The molecule has 0 aliphatic heterocycles. The summed E-state index contributed by atoms with van der Waals surface area (Å²) in [5, 5.41) is 3.19. The first-order valence-corrected chi connectivity index (χ1v) is 6.19. The van der Waals surface area contributed by atoms with Crippen LogP contribution in [-0.2, 0) is 6.54 Å². The van der Waals surface area contributed by atoms with Crippen LogP contribution in [0.25, 0.3) is 0 Å². The SMILES string of the molecule is Cc1cc(C(C)C)nc(NCc2ccc(C)o2)n1. The Kier molecular flexibility index (Phi) is 3.65. The summed E-state index contributed by atoms with van der Waals surface area (Å²) >= 11 is 0. The van der Waals surface area contributed by atoms with Crippen molar-refractivity contribution in [3.63, 3.8) is 0 Å². The van der Waals surface area contributed by atoms with E-state index >= 15 is 0 Å². The number of nitrogens with zero attached hydrogens (tertiary/aromatic N) is 2. The van der Waals surface area contributed by atoms with Crippen molar-refractivity contribution in [1.82, 2.24) is 9.97 Å². The lowest BCUT2D eigenvalue weighted by atomic mass is 10.1. The van der Waals surface area contributed by atoms with Gasteiger partial charge >= 0.3 is 0 Å². The lowest BCUT2D eigenvalue weighted by molar-refractivity contribution is 0.490. The van der Waals surface area contributed by atoms with Gasteiger partial charge in [0, 0.05) is 11.4 Å². The summed E-state index contributed by atoms with van der Waals surface area (Å²) in [6.45, 7) is 8.77. The van der Waals surface area contributed by atoms with E-state index in [-0.39, 0.29) is 0 Å². The van der Waals surface area contributed by atoms with Gasteiger partial charge in [-0.1, -0.05) is 13.8 Å². The average molecular weight is 245 g/mol. The predicted molar refractivity (Wildman–Crippen MR) is 71.6 cm³/mol. The van der Waals surface area contributed by atoms with Crippen molar-refractivity contribution >= 4 is 5.95 Å². The molecule has 4 heteroatoms. The highest BCUT2D eigenvalue weighted by Crippen LogP contribution is 2.15. The summed E-state index contributed by atoms with van der Waals surface area (Å²) in [5.74, 6) is 2.87. The van der Waals surface area contributed by atoms with E-state index in [0.717, 1.165) is 22.9 Å². The molecule has 18 heavy (non-hydrogen) atoms. The van der Waals surface area contributed by atoms with Gasteiger partial charge in [0.1, 0.15) is 11.5 Å². The molecular formula is C14H19N3O. The molecule has 0 aliphatic rings. The van der Waals surface area contributed by atoms with Crippen LogP contribution in [0.2, 0.25) is 0 Å². The Bertz CT molecular complexity index is 532. The quantitative estimate of drug-likeness (QED) is 0.896. The van der Waals surface area contributed by atoms with Crippen molar-refractivity contribution in [2.24, 2.45) is 0 Å². The first-order chi connectivity index (χ1) is 8.54. The fourth-order valence-electron chi connectivity index (χ4n) is 1.71. The third kappa shape index (κ3) is 3.09. The largest absolute Gasteiger partial charge is 0.465 e. The van der Waals surface area contributed by atoms with Crippen LogP contribution in [0.5, 0.6) is 0 Å². The maximum atomic E-state index is 5.50. The first kappa shape index (κ1) is 12.6. The van der Waals surface area contributed by atoms with Crippen LogP contribution in [0.15, 0.2) is 22.6 Å². The van der Waals surface area contributed by atoms with Crippen molar-refractivity contribution in [2.75, 3.05) is 5.32 Å². The van der Waals surface area contributed by atoms with E-state index in [9.17, 15) is 0 Å². The average Bonchev–Trinajstić information content (AvgIpc) is 2.72.